The lowest BCUT2D eigenvalue weighted by molar-refractivity contribution is 0.669. The van der Waals surface area contributed by atoms with E-state index in [1.807, 2.05) is 24.4 Å². The maximum absolute atomic E-state index is 6.21. The van der Waals surface area contributed by atoms with E-state index in [9.17, 15) is 0 Å². The van der Waals surface area contributed by atoms with E-state index >= 15 is 0 Å². The monoisotopic (exact) mass is 665 g/mol. The summed E-state index contributed by atoms with van der Waals surface area (Å²) in [6.07, 6.45) is 1.88. The zero-order chi connectivity index (χ0) is 34.3. The molecule has 0 aliphatic rings. The molecule has 0 fully saturated rings. The van der Waals surface area contributed by atoms with E-state index in [1.165, 1.54) is 38.1 Å². The van der Waals surface area contributed by atoms with Gasteiger partial charge in [-0.1, -0.05) is 84.9 Å². The molecule has 244 valence electrons. The van der Waals surface area contributed by atoms with Crippen LogP contribution in [0.2, 0.25) is 0 Å². The fraction of sp³-hybridized carbons (Fsp3) is 0.0208. The van der Waals surface area contributed by atoms with Gasteiger partial charge in [0.15, 0.2) is 0 Å². The summed E-state index contributed by atoms with van der Waals surface area (Å²) in [6, 6.07) is 58.7. The highest BCUT2D eigenvalue weighted by Crippen LogP contribution is 2.41. The second-order valence-corrected chi connectivity index (χ2v) is 13.6. The van der Waals surface area contributed by atoms with Gasteiger partial charge in [-0.2, -0.15) is 0 Å². The van der Waals surface area contributed by atoms with Gasteiger partial charge in [0, 0.05) is 55.5 Å². The first kappa shape index (κ1) is 28.9. The summed E-state index contributed by atoms with van der Waals surface area (Å²) in [6.45, 7) is 2.21. The third kappa shape index (κ3) is 4.18. The van der Waals surface area contributed by atoms with Crippen LogP contribution < -0.4 is 0 Å². The molecule has 0 aliphatic heterocycles. The summed E-state index contributed by atoms with van der Waals surface area (Å²) >= 11 is 0. The molecule has 0 saturated carbocycles. The van der Waals surface area contributed by atoms with Gasteiger partial charge in [0.1, 0.15) is 11.2 Å². The zero-order valence-electron chi connectivity index (χ0n) is 28.4. The Morgan fingerprint density at radius 1 is 0.423 bits per heavy atom. The number of rotatable bonds is 4. The van der Waals surface area contributed by atoms with E-state index in [0.29, 0.717) is 0 Å². The standard InChI is InChI=1S/C48H31N3O/c1-30-38(31-21-24-48-41(26-31)37-15-5-9-20-47(37)52-48)28-33(29-39(30)42-16-10-11-25-49-42)51-45-19-8-4-14-36(45)40-27-32(22-23-46(40)51)50-43-17-6-2-12-34(43)35-13-3-7-18-44(35)50/h2-29H,1H3. The minimum Gasteiger partial charge on any atom is -0.456 e. The lowest BCUT2D eigenvalue weighted by Crippen LogP contribution is -1.99. The van der Waals surface area contributed by atoms with Crippen LogP contribution in [0.15, 0.2) is 174 Å². The molecule has 0 atom stereocenters. The van der Waals surface area contributed by atoms with E-state index in [-0.39, 0.29) is 0 Å². The van der Waals surface area contributed by atoms with Crippen molar-refractivity contribution in [3.05, 3.63) is 176 Å². The van der Waals surface area contributed by atoms with Crippen LogP contribution in [0.5, 0.6) is 0 Å². The van der Waals surface area contributed by atoms with Crippen LogP contribution in [0, 0.1) is 6.92 Å². The highest BCUT2D eigenvalue weighted by atomic mass is 16.3. The number of nitrogens with zero attached hydrogens (tertiary/aromatic N) is 3. The molecule has 7 aromatic carbocycles. The minimum atomic E-state index is 0.894. The minimum absolute atomic E-state index is 0.894. The molecule has 11 aromatic rings. The number of pyridine rings is 1. The van der Waals surface area contributed by atoms with Crippen molar-refractivity contribution in [3.8, 4) is 33.8 Å². The summed E-state index contributed by atoms with van der Waals surface area (Å²) in [4.78, 5) is 4.84. The Balaban J connectivity index is 1.18. The average Bonchev–Trinajstić information content (AvgIpc) is 3.86. The third-order valence-corrected chi connectivity index (χ3v) is 10.8. The Bertz CT molecular complexity index is 3140. The van der Waals surface area contributed by atoms with E-state index in [2.05, 4.69) is 162 Å². The molecule has 4 nitrogen and oxygen atoms in total. The molecule has 0 N–H and O–H groups in total. The number of fused-ring (bicyclic) bond motifs is 9. The number of hydrogen-bond acceptors (Lipinski definition) is 2. The zero-order valence-corrected chi connectivity index (χ0v) is 28.4. The quantitative estimate of drug-likeness (QED) is 0.188. The largest absolute Gasteiger partial charge is 0.456 e. The van der Waals surface area contributed by atoms with Crippen LogP contribution in [-0.4, -0.2) is 14.1 Å². The van der Waals surface area contributed by atoms with Gasteiger partial charge in [-0.3, -0.25) is 4.98 Å². The topological polar surface area (TPSA) is 35.9 Å². The first-order chi connectivity index (χ1) is 25.7. The summed E-state index contributed by atoms with van der Waals surface area (Å²) in [5.41, 5.74) is 14.3. The Labute approximate surface area is 299 Å². The van der Waals surface area contributed by atoms with Crippen molar-refractivity contribution >= 4 is 65.6 Å². The maximum atomic E-state index is 6.21. The number of hydrogen-bond donors (Lipinski definition) is 0. The molecule has 0 spiro atoms. The molecule has 0 radical (unpaired) electrons. The molecule has 0 aliphatic carbocycles. The first-order valence-electron chi connectivity index (χ1n) is 17.7. The van der Waals surface area contributed by atoms with Crippen molar-refractivity contribution < 1.29 is 4.42 Å². The molecule has 0 amide bonds. The van der Waals surface area contributed by atoms with Crippen LogP contribution in [0.1, 0.15) is 5.56 Å². The second-order valence-electron chi connectivity index (χ2n) is 13.6. The number of benzene rings is 7. The predicted octanol–water partition coefficient (Wildman–Crippen LogP) is 12.8. The van der Waals surface area contributed by atoms with Gasteiger partial charge in [-0.15, -0.1) is 0 Å². The lowest BCUT2D eigenvalue weighted by Gasteiger charge is -2.17. The van der Waals surface area contributed by atoms with Crippen molar-refractivity contribution in [3.63, 3.8) is 0 Å². The van der Waals surface area contributed by atoms with Gasteiger partial charge in [-0.05, 0) is 102 Å². The molecule has 0 unspecified atom stereocenters. The molecule has 4 aromatic heterocycles. The van der Waals surface area contributed by atoms with Crippen LogP contribution >= 0.6 is 0 Å². The molecular formula is C48H31N3O. The molecule has 52 heavy (non-hydrogen) atoms. The average molecular weight is 666 g/mol. The number of furan rings is 1. The predicted molar refractivity (Wildman–Crippen MR) is 216 cm³/mol. The molecule has 4 heterocycles. The Morgan fingerprint density at radius 2 is 1.00 bits per heavy atom. The highest BCUT2D eigenvalue weighted by Gasteiger charge is 2.20. The van der Waals surface area contributed by atoms with Crippen molar-refractivity contribution in [2.45, 2.75) is 6.92 Å². The van der Waals surface area contributed by atoms with Crippen molar-refractivity contribution in [1.82, 2.24) is 14.1 Å². The number of para-hydroxylation sites is 4. The summed E-state index contributed by atoms with van der Waals surface area (Å²) in [5.74, 6) is 0. The van der Waals surface area contributed by atoms with Crippen LogP contribution in [0.25, 0.3) is 99.3 Å². The van der Waals surface area contributed by atoms with Crippen molar-refractivity contribution in [2.24, 2.45) is 0 Å². The van der Waals surface area contributed by atoms with E-state index < -0.39 is 0 Å². The Morgan fingerprint density at radius 3 is 1.71 bits per heavy atom. The Hall–Kier alpha value is -6.91. The fourth-order valence-corrected chi connectivity index (χ4v) is 8.39. The maximum Gasteiger partial charge on any atom is 0.135 e. The first-order valence-corrected chi connectivity index (χ1v) is 17.7. The van der Waals surface area contributed by atoms with E-state index in [1.54, 1.807) is 0 Å². The molecule has 4 heteroatoms. The fourth-order valence-electron chi connectivity index (χ4n) is 8.39. The lowest BCUT2D eigenvalue weighted by atomic mass is 9.93. The van der Waals surface area contributed by atoms with Gasteiger partial charge < -0.3 is 13.6 Å². The van der Waals surface area contributed by atoms with Gasteiger partial charge in [0.25, 0.3) is 0 Å². The smallest absolute Gasteiger partial charge is 0.135 e. The van der Waals surface area contributed by atoms with Crippen LogP contribution in [0.4, 0.5) is 0 Å². The van der Waals surface area contributed by atoms with Gasteiger partial charge in [0.2, 0.25) is 0 Å². The third-order valence-electron chi connectivity index (χ3n) is 10.8. The SMILES string of the molecule is Cc1c(-c2ccc3oc4ccccc4c3c2)cc(-n2c3ccccc3c3cc(-n4c5ccccc5c5ccccc54)ccc32)cc1-c1ccccn1. The summed E-state index contributed by atoms with van der Waals surface area (Å²) < 4.78 is 11.0. The van der Waals surface area contributed by atoms with Gasteiger partial charge in [-0.25, -0.2) is 0 Å². The highest BCUT2D eigenvalue weighted by molar-refractivity contribution is 6.12. The molecule has 11 rings (SSSR count). The second kappa shape index (κ2) is 11.0. The van der Waals surface area contributed by atoms with Crippen LogP contribution in [0.3, 0.4) is 0 Å². The number of aromatic nitrogens is 3. The summed E-state index contributed by atoms with van der Waals surface area (Å²) in [5, 5.41) is 7.19. The van der Waals surface area contributed by atoms with E-state index in [0.717, 1.165) is 66.7 Å². The van der Waals surface area contributed by atoms with Gasteiger partial charge >= 0.3 is 0 Å². The van der Waals surface area contributed by atoms with Crippen molar-refractivity contribution in [2.75, 3.05) is 0 Å². The van der Waals surface area contributed by atoms with Gasteiger partial charge in [0.05, 0.1) is 27.8 Å². The van der Waals surface area contributed by atoms with Crippen molar-refractivity contribution in [1.29, 1.82) is 0 Å². The summed E-state index contributed by atoms with van der Waals surface area (Å²) in [7, 11) is 0. The van der Waals surface area contributed by atoms with Crippen LogP contribution in [-0.2, 0) is 0 Å². The molecule has 0 saturated heterocycles. The molecular weight excluding hydrogens is 635 g/mol. The van der Waals surface area contributed by atoms with E-state index in [4.69, 9.17) is 9.40 Å². The normalized spacial score (nSPS) is 11.9. The Kier molecular flexibility index (Phi) is 6.13. The molecule has 0 bridgehead atoms.